The van der Waals surface area contributed by atoms with Crippen molar-refractivity contribution in [2.75, 3.05) is 5.32 Å². The average Bonchev–Trinajstić information content (AvgIpc) is 2.90. The number of anilines is 1. The zero-order chi connectivity index (χ0) is 13.7. The van der Waals surface area contributed by atoms with Gasteiger partial charge in [0.2, 0.25) is 0 Å². The number of hydrogen-bond acceptors (Lipinski definition) is 2. The molecule has 108 valence electrons. The lowest BCUT2D eigenvalue weighted by atomic mass is 10.0. The third-order valence-electron chi connectivity index (χ3n) is 2.81. The summed E-state index contributed by atoms with van der Waals surface area (Å²) in [6.07, 6.45) is 0. The summed E-state index contributed by atoms with van der Waals surface area (Å²) >= 11 is 1.69. The molecule has 0 fully saturated rings. The highest BCUT2D eigenvalue weighted by atomic mass is 127. The van der Waals surface area contributed by atoms with E-state index < -0.39 is 0 Å². The van der Waals surface area contributed by atoms with Gasteiger partial charge in [-0.2, -0.15) is 0 Å². The number of nitrogens with two attached hydrogens (primary N) is 1. The van der Waals surface area contributed by atoms with E-state index in [9.17, 15) is 0 Å². The van der Waals surface area contributed by atoms with Gasteiger partial charge in [-0.05, 0) is 35.1 Å². The number of nitrogens with one attached hydrogen (secondary N) is 1. The number of guanidine groups is 1. The summed E-state index contributed by atoms with van der Waals surface area (Å²) in [7, 11) is 0. The minimum atomic E-state index is 0. The van der Waals surface area contributed by atoms with Gasteiger partial charge in [0.25, 0.3) is 0 Å². The second kappa shape index (κ2) is 8.26. The molecule has 0 radical (unpaired) electrons. The molecule has 0 saturated carbocycles. The minimum absolute atomic E-state index is 0. The molecule has 2 rings (SSSR count). The van der Waals surface area contributed by atoms with E-state index in [0.717, 1.165) is 5.69 Å². The molecule has 20 heavy (non-hydrogen) atoms. The zero-order valence-corrected chi connectivity index (χ0v) is 14.8. The lowest BCUT2D eigenvalue weighted by Gasteiger charge is -2.09. The molecule has 3 nitrogen and oxygen atoms in total. The van der Waals surface area contributed by atoms with Crippen molar-refractivity contribution in [3.8, 4) is 0 Å². The van der Waals surface area contributed by atoms with E-state index in [2.05, 4.69) is 42.4 Å². The first-order chi connectivity index (χ1) is 9.15. The molecule has 0 bridgehead atoms. The maximum absolute atomic E-state index is 5.89. The molecular formula is C15H20IN3S. The average molecular weight is 401 g/mol. The number of thiophene rings is 1. The molecule has 0 amide bonds. The molecule has 0 atom stereocenters. The van der Waals surface area contributed by atoms with Crippen LogP contribution >= 0.6 is 35.3 Å². The first-order valence-corrected chi connectivity index (χ1v) is 7.22. The van der Waals surface area contributed by atoms with Crippen LogP contribution in [0.2, 0.25) is 0 Å². The van der Waals surface area contributed by atoms with E-state index in [4.69, 9.17) is 5.73 Å². The lowest BCUT2D eigenvalue weighted by molar-refractivity contribution is 0.867. The molecule has 0 aliphatic carbocycles. The molecule has 0 aliphatic heterocycles. The number of benzene rings is 1. The van der Waals surface area contributed by atoms with Crippen LogP contribution in [0, 0.1) is 0 Å². The van der Waals surface area contributed by atoms with Crippen molar-refractivity contribution in [3.63, 3.8) is 0 Å². The van der Waals surface area contributed by atoms with E-state index in [-0.39, 0.29) is 24.0 Å². The quantitative estimate of drug-likeness (QED) is 0.453. The second-order valence-electron chi connectivity index (χ2n) is 4.69. The van der Waals surface area contributed by atoms with Gasteiger partial charge in [-0.25, -0.2) is 4.99 Å². The highest BCUT2D eigenvalue weighted by molar-refractivity contribution is 14.0. The van der Waals surface area contributed by atoms with Crippen LogP contribution in [0.1, 0.15) is 30.2 Å². The Labute approximate surface area is 141 Å². The Morgan fingerprint density at radius 2 is 2.10 bits per heavy atom. The summed E-state index contributed by atoms with van der Waals surface area (Å²) in [6.45, 7) is 4.97. The predicted molar refractivity (Wildman–Crippen MR) is 99.2 cm³/mol. The molecule has 0 aliphatic rings. The Bertz CT molecular complexity index is 550. The van der Waals surface area contributed by atoms with E-state index >= 15 is 0 Å². The second-order valence-corrected chi connectivity index (χ2v) is 5.72. The van der Waals surface area contributed by atoms with E-state index in [1.165, 1.54) is 10.4 Å². The fourth-order valence-electron chi connectivity index (χ4n) is 1.73. The van der Waals surface area contributed by atoms with Crippen LogP contribution in [0.5, 0.6) is 0 Å². The van der Waals surface area contributed by atoms with Gasteiger partial charge >= 0.3 is 0 Å². The molecule has 1 aromatic heterocycles. The summed E-state index contributed by atoms with van der Waals surface area (Å²) in [5.41, 5.74) is 8.16. The Morgan fingerprint density at radius 3 is 2.75 bits per heavy atom. The van der Waals surface area contributed by atoms with Gasteiger partial charge in [0.1, 0.15) is 0 Å². The fourth-order valence-corrected chi connectivity index (χ4v) is 2.36. The smallest absolute Gasteiger partial charge is 0.193 e. The maximum atomic E-state index is 5.89. The SMILES string of the molecule is CC(C)c1cccc(NC(N)=NCc2cccs2)c1.I. The molecule has 0 spiro atoms. The summed E-state index contributed by atoms with van der Waals surface area (Å²) in [5.74, 6) is 0.959. The van der Waals surface area contributed by atoms with Crippen LogP contribution in [0.25, 0.3) is 0 Å². The third kappa shape index (κ3) is 5.13. The third-order valence-corrected chi connectivity index (χ3v) is 3.67. The normalized spacial score (nSPS) is 11.2. The molecule has 1 heterocycles. The zero-order valence-electron chi connectivity index (χ0n) is 11.7. The molecule has 0 unspecified atom stereocenters. The van der Waals surface area contributed by atoms with Crippen molar-refractivity contribution in [2.45, 2.75) is 26.3 Å². The van der Waals surface area contributed by atoms with Gasteiger partial charge < -0.3 is 11.1 Å². The summed E-state index contributed by atoms with van der Waals surface area (Å²) in [5, 5.41) is 5.17. The van der Waals surface area contributed by atoms with Crippen LogP contribution in [0.15, 0.2) is 46.8 Å². The van der Waals surface area contributed by atoms with Crippen molar-refractivity contribution in [1.82, 2.24) is 0 Å². The standard InChI is InChI=1S/C15H19N3S.HI/c1-11(2)12-5-3-6-13(9-12)18-15(16)17-10-14-7-4-8-19-14;/h3-9,11H,10H2,1-2H3,(H3,16,17,18);1H. The van der Waals surface area contributed by atoms with Gasteiger partial charge in [0.05, 0.1) is 6.54 Å². The lowest BCUT2D eigenvalue weighted by Crippen LogP contribution is -2.22. The number of hydrogen-bond donors (Lipinski definition) is 2. The molecule has 0 saturated heterocycles. The van der Waals surface area contributed by atoms with Crippen molar-refractivity contribution in [2.24, 2.45) is 10.7 Å². The summed E-state index contributed by atoms with van der Waals surface area (Å²) < 4.78 is 0. The maximum Gasteiger partial charge on any atom is 0.193 e. The Balaban J connectivity index is 0.00000200. The number of halogens is 1. The summed E-state index contributed by atoms with van der Waals surface area (Å²) in [4.78, 5) is 5.54. The highest BCUT2D eigenvalue weighted by Crippen LogP contribution is 2.18. The van der Waals surface area contributed by atoms with Crippen LogP contribution in [0.4, 0.5) is 5.69 Å². The molecule has 2 aromatic rings. The monoisotopic (exact) mass is 401 g/mol. The Hall–Kier alpha value is -1.08. The Kier molecular flexibility index (Phi) is 7.01. The molecule has 3 N–H and O–H groups in total. The fraction of sp³-hybridized carbons (Fsp3) is 0.267. The van der Waals surface area contributed by atoms with E-state index in [1.54, 1.807) is 11.3 Å². The first-order valence-electron chi connectivity index (χ1n) is 6.34. The molecular weight excluding hydrogens is 381 g/mol. The Morgan fingerprint density at radius 1 is 1.30 bits per heavy atom. The molecule has 1 aromatic carbocycles. The van der Waals surface area contributed by atoms with Gasteiger partial charge in [0.15, 0.2) is 5.96 Å². The van der Waals surface area contributed by atoms with Crippen LogP contribution in [-0.4, -0.2) is 5.96 Å². The number of rotatable bonds is 4. The highest BCUT2D eigenvalue weighted by Gasteiger charge is 2.01. The van der Waals surface area contributed by atoms with Gasteiger partial charge in [-0.15, -0.1) is 35.3 Å². The van der Waals surface area contributed by atoms with Crippen molar-refractivity contribution >= 4 is 47.0 Å². The summed E-state index contributed by atoms with van der Waals surface area (Å²) in [6, 6.07) is 12.3. The van der Waals surface area contributed by atoms with Crippen LogP contribution < -0.4 is 11.1 Å². The van der Waals surface area contributed by atoms with Crippen LogP contribution in [-0.2, 0) is 6.54 Å². The first kappa shape index (κ1) is 17.0. The van der Waals surface area contributed by atoms with Crippen molar-refractivity contribution in [1.29, 1.82) is 0 Å². The van der Waals surface area contributed by atoms with Gasteiger partial charge in [0, 0.05) is 10.6 Å². The topological polar surface area (TPSA) is 50.4 Å². The van der Waals surface area contributed by atoms with Crippen molar-refractivity contribution in [3.05, 3.63) is 52.2 Å². The van der Waals surface area contributed by atoms with Gasteiger partial charge in [-0.1, -0.05) is 32.0 Å². The minimum Gasteiger partial charge on any atom is -0.370 e. The number of nitrogens with zero attached hydrogens (tertiary/aromatic N) is 1. The number of aliphatic imine (C=N–C) groups is 1. The van der Waals surface area contributed by atoms with Crippen molar-refractivity contribution < 1.29 is 0 Å². The van der Waals surface area contributed by atoms with E-state index in [1.807, 2.05) is 23.6 Å². The predicted octanol–water partition coefficient (Wildman–Crippen LogP) is 4.42. The van der Waals surface area contributed by atoms with Gasteiger partial charge in [-0.3, -0.25) is 0 Å². The molecule has 5 heteroatoms. The largest absolute Gasteiger partial charge is 0.370 e. The van der Waals surface area contributed by atoms with E-state index in [0.29, 0.717) is 18.4 Å². The van der Waals surface area contributed by atoms with Crippen LogP contribution in [0.3, 0.4) is 0 Å².